The Bertz CT molecular complexity index is 750. The van der Waals surface area contributed by atoms with Crippen LogP contribution < -0.4 is 10.1 Å². The molecule has 0 fully saturated rings. The van der Waals surface area contributed by atoms with Gasteiger partial charge in [-0.2, -0.15) is 0 Å². The van der Waals surface area contributed by atoms with Crippen LogP contribution in [0.2, 0.25) is 0 Å². The van der Waals surface area contributed by atoms with E-state index in [0.717, 1.165) is 38.9 Å². The van der Waals surface area contributed by atoms with Gasteiger partial charge in [-0.15, -0.1) is 0 Å². The van der Waals surface area contributed by atoms with Crippen molar-refractivity contribution in [2.75, 3.05) is 12.4 Å². The normalized spacial score (nSPS) is 10.6. The number of hydrogen-bond donors (Lipinski definition) is 1. The average Bonchev–Trinajstić information content (AvgIpc) is 2.54. The molecule has 0 saturated heterocycles. The highest BCUT2D eigenvalue weighted by molar-refractivity contribution is 14.1. The molecule has 0 aliphatic heterocycles. The van der Waals surface area contributed by atoms with Gasteiger partial charge in [-0.05, 0) is 60.4 Å². The first kappa shape index (κ1) is 18.7. The SMILES string of the molecule is CCc1cccc(CC)c1NC(=O)c1c(C)nc(C)c(OC)c1I. The summed E-state index contributed by atoms with van der Waals surface area (Å²) in [5.41, 5.74) is 5.28. The van der Waals surface area contributed by atoms with E-state index >= 15 is 0 Å². The summed E-state index contributed by atoms with van der Waals surface area (Å²) < 4.78 is 6.21. The van der Waals surface area contributed by atoms with E-state index in [9.17, 15) is 4.79 Å². The van der Waals surface area contributed by atoms with Crippen molar-refractivity contribution in [2.24, 2.45) is 0 Å². The van der Waals surface area contributed by atoms with Gasteiger partial charge in [-0.1, -0.05) is 32.0 Å². The van der Waals surface area contributed by atoms with E-state index in [0.29, 0.717) is 17.0 Å². The molecule has 0 unspecified atom stereocenters. The van der Waals surface area contributed by atoms with Crippen molar-refractivity contribution in [1.82, 2.24) is 4.98 Å². The number of carbonyl (C=O) groups excluding carboxylic acids is 1. The smallest absolute Gasteiger partial charge is 0.258 e. The molecule has 1 amide bonds. The Labute approximate surface area is 157 Å². The zero-order valence-corrected chi connectivity index (χ0v) is 16.9. The molecule has 0 aliphatic carbocycles. The monoisotopic (exact) mass is 438 g/mol. The van der Waals surface area contributed by atoms with Crippen molar-refractivity contribution in [3.05, 3.63) is 49.8 Å². The summed E-state index contributed by atoms with van der Waals surface area (Å²) in [7, 11) is 1.60. The molecule has 128 valence electrons. The van der Waals surface area contributed by atoms with Crippen LogP contribution in [0.1, 0.15) is 46.7 Å². The van der Waals surface area contributed by atoms with E-state index < -0.39 is 0 Å². The van der Waals surface area contributed by atoms with E-state index in [2.05, 4.69) is 58.9 Å². The molecule has 0 saturated carbocycles. The highest BCUT2D eigenvalue weighted by atomic mass is 127. The van der Waals surface area contributed by atoms with Crippen LogP contribution in [0.3, 0.4) is 0 Å². The number of nitrogens with one attached hydrogen (secondary N) is 1. The fraction of sp³-hybridized carbons (Fsp3) is 0.368. The topological polar surface area (TPSA) is 51.2 Å². The number of ether oxygens (including phenoxy) is 1. The molecule has 1 heterocycles. The van der Waals surface area contributed by atoms with Gasteiger partial charge >= 0.3 is 0 Å². The summed E-state index contributed by atoms with van der Waals surface area (Å²) in [5, 5.41) is 3.11. The summed E-state index contributed by atoms with van der Waals surface area (Å²) in [5.74, 6) is 0.518. The third-order valence-corrected chi connectivity index (χ3v) is 5.14. The molecule has 0 bridgehead atoms. The zero-order valence-electron chi connectivity index (χ0n) is 14.8. The van der Waals surface area contributed by atoms with Gasteiger partial charge in [-0.25, -0.2) is 0 Å². The summed E-state index contributed by atoms with van der Waals surface area (Å²) in [6, 6.07) is 6.15. The summed E-state index contributed by atoms with van der Waals surface area (Å²) in [6.45, 7) is 7.93. The van der Waals surface area contributed by atoms with Crippen LogP contribution in [-0.2, 0) is 12.8 Å². The van der Waals surface area contributed by atoms with Gasteiger partial charge in [0.2, 0.25) is 0 Å². The lowest BCUT2D eigenvalue weighted by Crippen LogP contribution is -2.19. The number of hydrogen-bond acceptors (Lipinski definition) is 3. The number of aryl methyl sites for hydroxylation is 4. The Morgan fingerprint density at radius 1 is 1.17 bits per heavy atom. The average molecular weight is 438 g/mol. The number of halogens is 1. The summed E-state index contributed by atoms with van der Waals surface area (Å²) in [6.07, 6.45) is 1.74. The molecule has 0 radical (unpaired) electrons. The Kier molecular flexibility index (Phi) is 6.21. The highest BCUT2D eigenvalue weighted by Crippen LogP contribution is 2.30. The van der Waals surface area contributed by atoms with Crippen molar-refractivity contribution in [3.63, 3.8) is 0 Å². The van der Waals surface area contributed by atoms with E-state index in [-0.39, 0.29) is 5.91 Å². The standard InChI is InChI=1S/C19H23IN2O2/c1-6-13-9-8-10-14(7-2)17(13)22-19(23)15-11(3)21-12(4)18(24-5)16(15)20/h8-10H,6-7H2,1-5H3,(H,22,23). The van der Waals surface area contributed by atoms with Crippen molar-refractivity contribution >= 4 is 34.2 Å². The van der Waals surface area contributed by atoms with Crippen LogP contribution in [0, 0.1) is 17.4 Å². The number of carbonyl (C=O) groups is 1. The van der Waals surface area contributed by atoms with Crippen LogP contribution in [0.4, 0.5) is 5.69 Å². The molecule has 0 atom stereocenters. The number of benzene rings is 1. The predicted molar refractivity (Wildman–Crippen MR) is 106 cm³/mol. The number of para-hydroxylation sites is 1. The van der Waals surface area contributed by atoms with Gasteiger partial charge in [0.05, 0.1) is 27.6 Å². The Balaban J connectivity index is 2.49. The van der Waals surface area contributed by atoms with Gasteiger partial charge in [0, 0.05) is 5.69 Å². The molecule has 1 aromatic carbocycles. The second kappa shape index (κ2) is 7.96. The molecule has 2 rings (SSSR count). The number of pyridine rings is 1. The van der Waals surface area contributed by atoms with Crippen LogP contribution in [0.25, 0.3) is 0 Å². The van der Waals surface area contributed by atoms with Gasteiger partial charge in [0.1, 0.15) is 0 Å². The lowest BCUT2D eigenvalue weighted by molar-refractivity contribution is 0.102. The lowest BCUT2D eigenvalue weighted by atomic mass is 10.0. The Hall–Kier alpha value is -1.63. The van der Waals surface area contributed by atoms with Gasteiger partial charge in [0.25, 0.3) is 5.91 Å². The minimum atomic E-state index is -0.140. The third-order valence-electron chi connectivity index (χ3n) is 4.11. The Morgan fingerprint density at radius 3 is 2.25 bits per heavy atom. The molecule has 4 nitrogen and oxygen atoms in total. The quantitative estimate of drug-likeness (QED) is 0.690. The van der Waals surface area contributed by atoms with Gasteiger partial charge < -0.3 is 10.1 Å². The van der Waals surface area contributed by atoms with Crippen molar-refractivity contribution < 1.29 is 9.53 Å². The van der Waals surface area contributed by atoms with Crippen LogP contribution in [0.15, 0.2) is 18.2 Å². The molecule has 0 aliphatic rings. The Morgan fingerprint density at radius 2 is 1.75 bits per heavy atom. The van der Waals surface area contributed by atoms with Crippen LogP contribution in [0.5, 0.6) is 5.75 Å². The molecule has 2 aromatic rings. The van der Waals surface area contributed by atoms with Crippen LogP contribution >= 0.6 is 22.6 Å². The first-order chi connectivity index (χ1) is 11.4. The second-order valence-electron chi connectivity index (χ2n) is 5.62. The van der Waals surface area contributed by atoms with Gasteiger partial charge in [-0.3, -0.25) is 9.78 Å². The van der Waals surface area contributed by atoms with E-state index in [1.54, 1.807) is 7.11 Å². The lowest BCUT2D eigenvalue weighted by Gasteiger charge is -2.17. The molecule has 24 heavy (non-hydrogen) atoms. The van der Waals surface area contributed by atoms with Crippen LogP contribution in [-0.4, -0.2) is 18.0 Å². The maximum Gasteiger partial charge on any atom is 0.258 e. The molecule has 1 aromatic heterocycles. The largest absolute Gasteiger partial charge is 0.494 e. The number of anilines is 1. The number of methoxy groups -OCH3 is 1. The molecule has 0 spiro atoms. The molecule has 1 N–H and O–H groups in total. The van der Waals surface area contributed by atoms with Gasteiger partial charge in [0.15, 0.2) is 5.75 Å². The fourth-order valence-corrected chi connectivity index (χ4v) is 4.12. The first-order valence-electron chi connectivity index (χ1n) is 8.07. The highest BCUT2D eigenvalue weighted by Gasteiger charge is 2.21. The maximum atomic E-state index is 13.0. The molecule has 5 heteroatoms. The second-order valence-corrected chi connectivity index (χ2v) is 6.70. The fourth-order valence-electron chi connectivity index (χ4n) is 2.87. The zero-order chi connectivity index (χ0) is 17.9. The minimum absolute atomic E-state index is 0.140. The van der Waals surface area contributed by atoms with E-state index in [1.807, 2.05) is 19.9 Å². The first-order valence-corrected chi connectivity index (χ1v) is 9.15. The summed E-state index contributed by atoms with van der Waals surface area (Å²) in [4.78, 5) is 17.4. The number of nitrogens with zero attached hydrogens (tertiary/aromatic N) is 1. The maximum absolute atomic E-state index is 13.0. The third kappa shape index (κ3) is 3.55. The summed E-state index contributed by atoms with van der Waals surface area (Å²) >= 11 is 2.16. The minimum Gasteiger partial charge on any atom is -0.494 e. The number of amides is 1. The van der Waals surface area contributed by atoms with Crippen molar-refractivity contribution in [2.45, 2.75) is 40.5 Å². The van der Waals surface area contributed by atoms with Crippen molar-refractivity contribution in [1.29, 1.82) is 0 Å². The molecular formula is C19H23IN2O2. The van der Waals surface area contributed by atoms with E-state index in [4.69, 9.17) is 4.74 Å². The van der Waals surface area contributed by atoms with Crippen molar-refractivity contribution in [3.8, 4) is 5.75 Å². The predicted octanol–water partition coefficient (Wildman–Crippen LogP) is 4.69. The molecular weight excluding hydrogens is 415 g/mol. The number of aromatic nitrogens is 1. The number of rotatable bonds is 5. The van der Waals surface area contributed by atoms with E-state index in [1.165, 1.54) is 0 Å².